The molecule has 0 aromatic rings. The van der Waals surface area contributed by atoms with E-state index in [0.29, 0.717) is 18.0 Å². The molecule has 1 amide bonds. The van der Waals surface area contributed by atoms with Gasteiger partial charge in [0.1, 0.15) is 11.6 Å². The number of methoxy groups -OCH3 is 1. The first kappa shape index (κ1) is 19.6. The van der Waals surface area contributed by atoms with Gasteiger partial charge in [-0.2, -0.15) is 0 Å². The molecule has 0 rings (SSSR count). The SMILES string of the molecule is COC(=O)[C@H](CCCCNC(=O)OC(C)(C)C)NC(C)=S. The zero-order chi connectivity index (χ0) is 16.5. The van der Waals surface area contributed by atoms with Gasteiger partial charge >= 0.3 is 12.1 Å². The van der Waals surface area contributed by atoms with Gasteiger partial charge in [0, 0.05) is 6.54 Å². The summed E-state index contributed by atoms with van der Waals surface area (Å²) in [4.78, 5) is 23.5. The summed E-state index contributed by atoms with van der Waals surface area (Å²) in [5.41, 5.74) is -0.499. The van der Waals surface area contributed by atoms with Crippen molar-refractivity contribution in [2.75, 3.05) is 13.7 Å². The first-order valence-corrected chi connectivity index (χ1v) is 7.38. The molecule has 0 saturated carbocycles. The highest BCUT2D eigenvalue weighted by Crippen LogP contribution is 2.07. The molecule has 0 aliphatic carbocycles. The molecule has 0 heterocycles. The number of hydrogen-bond acceptors (Lipinski definition) is 5. The van der Waals surface area contributed by atoms with Gasteiger partial charge in [0.15, 0.2) is 0 Å². The van der Waals surface area contributed by atoms with E-state index >= 15 is 0 Å². The zero-order valence-electron chi connectivity index (χ0n) is 13.4. The lowest BCUT2D eigenvalue weighted by atomic mass is 10.1. The minimum atomic E-state index is -0.499. The number of unbranched alkanes of at least 4 members (excludes halogenated alkanes) is 1. The summed E-state index contributed by atoms with van der Waals surface area (Å²) in [5.74, 6) is -0.334. The third kappa shape index (κ3) is 11.0. The number of carbonyl (C=O) groups excluding carboxylic acids is 2. The van der Waals surface area contributed by atoms with Crippen molar-refractivity contribution in [1.29, 1.82) is 0 Å². The van der Waals surface area contributed by atoms with Crippen molar-refractivity contribution in [3.63, 3.8) is 0 Å². The van der Waals surface area contributed by atoms with Crippen LogP contribution in [-0.4, -0.2) is 42.3 Å². The molecule has 0 aromatic heterocycles. The second-order valence-electron chi connectivity index (χ2n) is 5.70. The van der Waals surface area contributed by atoms with Gasteiger partial charge in [0.05, 0.1) is 12.1 Å². The van der Waals surface area contributed by atoms with Crippen molar-refractivity contribution in [2.24, 2.45) is 0 Å². The normalized spacial score (nSPS) is 12.2. The highest BCUT2D eigenvalue weighted by molar-refractivity contribution is 7.80. The molecule has 1 atom stereocenters. The number of hydrogen-bond donors (Lipinski definition) is 2. The second-order valence-corrected chi connectivity index (χ2v) is 6.31. The molecular formula is C14H26N2O4S. The number of ether oxygens (including phenoxy) is 2. The Morgan fingerprint density at radius 3 is 2.33 bits per heavy atom. The molecule has 0 aliphatic heterocycles. The van der Waals surface area contributed by atoms with E-state index in [1.54, 1.807) is 6.92 Å². The third-order valence-corrected chi connectivity index (χ3v) is 2.57. The van der Waals surface area contributed by atoms with Crippen LogP contribution in [0.2, 0.25) is 0 Å². The van der Waals surface area contributed by atoms with Crippen molar-refractivity contribution >= 4 is 29.3 Å². The standard InChI is InChI=1S/C14H26N2O4S/c1-10(21)16-11(12(17)19-5)8-6-7-9-15-13(18)20-14(2,3)4/h11H,6-9H2,1-5H3,(H,15,18)(H,16,21)/t11-/m0/s1. The topological polar surface area (TPSA) is 76.7 Å². The molecule has 0 fully saturated rings. The maximum Gasteiger partial charge on any atom is 0.407 e. The summed E-state index contributed by atoms with van der Waals surface area (Å²) < 4.78 is 9.83. The lowest BCUT2D eigenvalue weighted by Crippen LogP contribution is -2.39. The lowest BCUT2D eigenvalue weighted by Gasteiger charge is -2.20. The molecule has 2 N–H and O–H groups in total. The Hall–Kier alpha value is -1.37. The van der Waals surface area contributed by atoms with Crippen LogP contribution in [0.4, 0.5) is 4.79 Å². The molecular weight excluding hydrogens is 292 g/mol. The highest BCUT2D eigenvalue weighted by Gasteiger charge is 2.18. The van der Waals surface area contributed by atoms with Gasteiger partial charge in [-0.25, -0.2) is 9.59 Å². The molecule has 0 bridgehead atoms. The monoisotopic (exact) mass is 318 g/mol. The molecule has 0 spiro atoms. The minimum Gasteiger partial charge on any atom is -0.467 e. The van der Waals surface area contributed by atoms with E-state index in [0.717, 1.165) is 12.8 Å². The van der Waals surface area contributed by atoms with Crippen LogP contribution in [0.15, 0.2) is 0 Å². The first-order chi connectivity index (χ1) is 9.65. The molecule has 0 aliphatic rings. The molecule has 6 nitrogen and oxygen atoms in total. The van der Waals surface area contributed by atoms with Gasteiger partial charge in [0.25, 0.3) is 0 Å². The van der Waals surface area contributed by atoms with Crippen LogP contribution < -0.4 is 10.6 Å². The van der Waals surface area contributed by atoms with E-state index in [9.17, 15) is 9.59 Å². The second kappa shape index (κ2) is 9.55. The lowest BCUT2D eigenvalue weighted by molar-refractivity contribution is -0.142. The van der Waals surface area contributed by atoms with Crippen molar-refractivity contribution in [2.45, 2.75) is 58.6 Å². The largest absolute Gasteiger partial charge is 0.467 e. The van der Waals surface area contributed by atoms with Crippen LogP contribution in [0.1, 0.15) is 47.0 Å². The molecule has 0 unspecified atom stereocenters. The average Bonchev–Trinajstić information content (AvgIpc) is 2.33. The summed E-state index contributed by atoms with van der Waals surface area (Å²) >= 11 is 4.93. The van der Waals surface area contributed by atoms with Crippen molar-refractivity contribution in [3.05, 3.63) is 0 Å². The molecule has 7 heteroatoms. The van der Waals surface area contributed by atoms with Crippen LogP contribution in [0.25, 0.3) is 0 Å². The van der Waals surface area contributed by atoms with E-state index < -0.39 is 17.7 Å². The molecule has 122 valence electrons. The van der Waals surface area contributed by atoms with Crippen LogP contribution >= 0.6 is 12.2 Å². The summed E-state index contributed by atoms with van der Waals surface area (Å²) in [7, 11) is 1.35. The van der Waals surface area contributed by atoms with Gasteiger partial charge < -0.3 is 20.1 Å². The van der Waals surface area contributed by atoms with Crippen molar-refractivity contribution in [3.8, 4) is 0 Å². The van der Waals surface area contributed by atoms with Gasteiger partial charge in [0.2, 0.25) is 0 Å². The Bertz CT molecular complexity index is 366. The van der Waals surface area contributed by atoms with Crippen molar-refractivity contribution in [1.82, 2.24) is 10.6 Å². The maximum atomic E-state index is 11.5. The Kier molecular flexibility index (Phi) is 8.92. The molecule has 0 aromatic carbocycles. The fraction of sp³-hybridized carbons (Fsp3) is 0.786. The van der Waals surface area contributed by atoms with Crippen LogP contribution in [0.3, 0.4) is 0 Å². The van der Waals surface area contributed by atoms with Gasteiger partial charge in [-0.3, -0.25) is 0 Å². The minimum absolute atomic E-state index is 0.334. The van der Waals surface area contributed by atoms with Crippen LogP contribution in [0, 0.1) is 0 Å². The van der Waals surface area contributed by atoms with E-state index in [1.807, 2.05) is 20.8 Å². The number of thiocarbonyl (C=S) groups is 1. The Balaban J connectivity index is 3.93. The molecule has 0 saturated heterocycles. The number of esters is 1. The van der Waals surface area contributed by atoms with E-state index in [2.05, 4.69) is 10.6 Å². The predicted molar refractivity (Wildman–Crippen MR) is 85.3 cm³/mol. The summed E-state index contributed by atoms with van der Waals surface area (Å²) in [5, 5.41) is 5.58. The first-order valence-electron chi connectivity index (χ1n) is 6.97. The number of nitrogens with one attached hydrogen (secondary N) is 2. The van der Waals surface area contributed by atoms with Crippen LogP contribution in [0.5, 0.6) is 0 Å². The Morgan fingerprint density at radius 2 is 1.86 bits per heavy atom. The maximum absolute atomic E-state index is 11.5. The van der Waals surface area contributed by atoms with E-state index in [4.69, 9.17) is 21.7 Å². The number of rotatable bonds is 7. The summed E-state index contributed by atoms with van der Waals surface area (Å²) in [6.45, 7) is 7.65. The Morgan fingerprint density at radius 1 is 1.24 bits per heavy atom. The molecule has 0 radical (unpaired) electrons. The highest BCUT2D eigenvalue weighted by atomic mass is 32.1. The van der Waals surface area contributed by atoms with Gasteiger partial charge in [-0.05, 0) is 47.0 Å². The fourth-order valence-electron chi connectivity index (χ4n) is 1.61. The van der Waals surface area contributed by atoms with E-state index in [1.165, 1.54) is 7.11 Å². The van der Waals surface area contributed by atoms with Gasteiger partial charge in [-0.15, -0.1) is 0 Å². The molecule has 21 heavy (non-hydrogen) atoms. The van der Waals surface area contributed by atoms with Crippen molar-refractivity contribution < 1.29 is 19.1 Å². The third-order valence-electron chi connectivity index (χ3n) is 2.45. The summed E-state index contributed by atoms with van der Waals surface area (Å²) in [6.07, 6.45) is 1.66. The number of carbonyl (C=O) groups is 2. The zero-order valence-corrected chi connectivity index (χ0v) is 14.3. The van der Waals surface area contributed by atoms with Crippen LogP contribution in [-0.2, 0) is 14.3 Å². The predicted octanol–water partition coefficient (Wildman–Crippen LogP) is 2.16. The number of alkyl carbamates (subject to hydrolysis) is 1. The van der Waals surface area contributed by atoms with Gasteiger partial charge in [-0.1, -0.05) is 12.2 Å². The summed E-state index contributed by atoms with van der Waals surface area (Å²) in [6, 6.07) is -0.436. The quantitative estimate of drug-likeness (QED) is 0.425. The van der Waals surface area contributed by atoms with E-state index in [-0.39, 0.29) is 5.97 Å². The number of amides is 1. The average molecular weight is 318 g/mol. The fourth-order valence-corrected chi connectivity index (χ4v) is 1.76. The Labute approximate surface area is 131 Å². The smallest absolute Gasteiger partial charge is 0.407 e.